The molecule has 0 unspecified atom stereocenters. The van der Waals surface area contributed by atoms with E-state index >= 15 is 0 Å². The van der Waals surface area contributed by atoms with Crippen LogP contribution in [0.15, 0.2) is 42.5 Å². The van der Waals surface area contributed by atoms with Crippen molar-refractivity contribution in [1.29, 1.82) is 0 Å². The van der Waals surface area contributed by atoms with Crippen LogP contribution in [-0.4, -0.2) is 68.9 Å². The molecule has 2 aliphatic rings. The molecule has 0 radical (unpaired) electrons. The maximum atomic E-state index is 13.0. The molecule has 1 saturated heterocycles. The average Bonchev–Trinajstić information content (AvgIpc) is 3.52. The quantitative estimate of drug-likeness (QED) is 0.527. The Morgan fingerprint density at radius 2 is 1.79 bits per heavy atom. The smallest absolute Gasteiger partial charge is 0.253 e. The second kappa shape index (κ2) is 9.68. The molecule has 0 atom stereocenters. The number of aromatic nitrogens is 4. The molecule has 3 aromatic rings. The molecule has 5 rings (SSSR count). The maximum absolute atomic E-state index is 13.0. The number of carbonyl (C=O) groups is 1. The first-order valence-corrected chi connectivity index (χ1v) is 11.5. The first-order valence-electron chi connectivity index (χ1n) is 11.5. The van der Waals surface area contributed by atoms with Crippen molar-refractivity contribution >= 4 is 5.91 Å². The molecular formula is C24H28N6O4. The van der Waals surface area contributed by atoms with Crippen molar-refractivity contribution in [3.05, 3.63) is 59.4 Å². The molecule has 0 saturated carbocycles. The molecule has 0 N–H and O–H groups in total. The van der Waals surface area contributed by atoms with E-state index in [2.05, 4.69) is 26.5 Å². The lowest BCUT2D eigenvalue weighted by atomic mass is 10.1. The lowest BCUT2D eigenvalue weighted by Crippen LogP contribution is -2.48. The number of benzene rings is 2. The lowest BCUT2D eigenvalue weighted by Gasteiger charge is -2.34. The standard InChI is InChI=1S/C24H28N6O4/c1-17(2)30-23(25-26-27-30)15-32-20-6-4-19(5-7-20)24(31)29-11-9-28(10-12-29)14-18-3-8-21-22(13-18)34-16-33-21/h3-8,13,17H,9-12,14-16H2,1-2H3. The zero-order valence-electron chi connectivity index (χ0n) is 19.4. The van der Waals surface area contributed by atoms with Crippen LogP contribution in [0.2, 0.25) is 0 Å². The van der Waals surface area contributed by atoms with Gasteiger partial charge in [0.2, 0.25) is 6.79 Å². The number of tetrazole rings is 1. The van der Waals surface area contributed by atoms with Gasteiger partial charge in [0.05, 0.1) is 6.04 Å². The number of piperazine rings is 1. The summed E-state index contributed by atoms with van der Waals surface area (Å²) in [6.07, 6.45) is 0. The van der Waals surface area contributed by atoms with Crippen molar-refractivity contribution in [2.24, 2.45) is 0 Å². The lowest BCUT2D eigenvalue weighted by molar-refractivity contribution is 0.0628. The van der Waals surface area contributed by atoms with E-state index in [1.165, 1.54) is 5.56 Å². The Balaban J connectivity index is 1.11. The van der Waals surface area contributed by atoms with Gasteiger partial charge < -0.3 is 19.1 Å². The highest BCUT2D eigenvalue weighted by molar-refractivity contribution is 5.94. The second-order valence-electron chi connectivity index (χ2n) is 8.70. The molecule has 34 heavy (non-hydrogen) atoms. The Morgan fingerprint density at radius 1 is 1.03 bits per heavy atom. The van der Waals surface area contributed by atoms with Crippen molar-refractivity contribution in [1.82, 2.24) is 30.0 Å². The number of hydrogen-bond acceptors (Lipinski definition) is 8. The normalized spacial score (nSPS) is 15.7. The Hall–Kier alpha value is -3.66. The number of ether oxygens (including phenoxy) is 3. The van der Waals surface area contributed by atoms with Crippen LogP contribution < -0.4 is 14.2 Å². The van der Waals surface area contributed by atoms with Gasteiger partial charge in [-0.3, -0.25) is 9.69 Å². The minimum atomic E-state index is 0.0398. The van der Waals surface area contributed by atoms with Gasteiger partial charge >= 0.3 is 0 Å². The number of amides is 1. The SMILES string of the molecule is CC(C)n1nnnc1COc1ccc(C(=O)N2CCN(Cc3ccc4c(c3)OCO4)CC2)cc1. The summed E-state index contributed by atoms with van der Waals surface area (Å²) in [7, 11) is 0. The molecule has 3 heterocycles. The fourth-order valence-electron chi connectivity index (χ4n) is 4.14. The molecule has 178 valence electrons. The van der Waals surface area contributed by atoms with Crippen molar-refractivity contribution < 1.29 is 19.0 Å². The predicted octanol–water partition coefficient (Wildman–Crippen LogP) is 2.52. The summed E-state index contributed by atoms with van der Waals surface area (Å²) in [5.41, 5.74) is 1.84. The summed E-state index contributed by atoms with van der Waals surface area (Å²) in [6.45, 7) is 8.44. The van der Waals surface area contributed by atoms with Gasteiger partial charge in [0, 0.05) is 38.3 Å². The highest BCUT2D eigenvalue weighted by Gasteiger charge is 2.23. The zero-order valence-corrected chi connectivity index (χ0v) is 19.4. The van der Waals surface area contributed by atoms with E-state index in [0.717, 1.165) is 31.1 Å². The van der Waals surface area contributed by atoms with E-state index in [1.54, 1.807) is 4.68 Å². The van der Waals surface area contributed by atoms with Gasteiger partial charge in [0.1, 0.15) is 12.4 Å². The van der Waals surface area contributed by atoms with Gasteiger partial charge in [0.15, 0.2) is 17.3 Å². The summed E-state index contributed by atoms with van der Waals surface area (Å²) in [4.78, 5) is 17.2. The highest BCUT2D eigenvalue weighted by atomic mass is 16.7. The molecule has 0 aliphatic carbocycles. The first kappa shape index (κ1) is 22.1. The minimum Gasteiger partial charge on any atom is -0.486 e. The summed E-state index contributed by atoms with van der Waals surface area (Å²) in [5, 5.41) is 11.7. The van der Waals surface area contributed by atoms with Gasteiger partial charge in [-0.25, -0.2) is 4.68 Å². The summed E-state index contributed by atoms with van der Waals surface area (Å²) in [6, 6.07) is 13.5. The molecule has 2 aliphatic heterocycles. The first-order chi connectivity index (χ1) is 16.6. The van der Waals surface area contributed by atoms with Gasteiger partial charge in [0.25, 0.3) is 5.91 Å². The molecule has 0 bridgehead atoms. The van der Waals surface area contributed by atoms with Gasteiger partial charge in [-0.2, -0.15) is 0 Å². The minimum absolute atomic E-state index is 0.0398. The van der Waals surface area contributed by atoms with Gasteiger partial charge in [-0.15, -0.1) is 5.10 Å². The Kier molecular flexibility index (Phi) is 6.31. The number of hydrogen-bond donors (Lipinski definition) is 0. The molecular weight excluding hydrogens is 436 g/mol. The van der Waals surface area contributed by atoms with E-state index in [0.29, 0.717) is 30.2 Å². The summed E-state index contributed by atoms with van der Waals surface area (Å²) < 4.78 is 18.4. The topological polar surface area (TPSA) is 94.8 Å². The number of carbonyl (C=O) groups excluding carboxylic acids is 1. The fourth-order valence-corrected chi connectivity index (χ4v) is 4.14. The number of rotatable bonds is 7. The second-order valence-corrected chi connectivity index (χ2v) is 8.70. The van der Waals surface area contributed by atoms with Crippen LogP contribution >= 0.6 is 0 Å². The molecule has 1 aromatic heterocycles. The molecule has 1 amide bonds. The third kappa shape index (κ3) is 4.81. The predicted molar refractivity (Wildman–Crippen MR) is 123 cm³/mol. The van der Waals surface area contributed by atoms with Gasteiger partial charge in [-0.05, 0) is 66.2 Å². The maximum Gasteiger partial charge on any atom is 0.253 e. The van der Waals surface area contributed by atoms with Crippen LogP contribution in [0.25, 0.3) is 0 Å². The van der Waals surface area contributed by atoms with E-state index in [4.69, 9.17) is 14.2 Å². The zero-order chi connectivity index (χ0) is 23.5. The summed E-state index contributed by atoms with van der Waals surface area (Å²) >= 11 is 0. The summed E-state index contributed by atoms with van der Waals surface area (Å²) in [5.74, 6) is 2.97. The van der Waals surface area contributed by atoms with Gasteiger partial charge in [-0.1, -0.05) is 6.07 Å². The largest absolute Gasteiger partial charge is 0.486 e. The highest BCUT2D eigenvalue weighted by Crippen LogP contribution is 2.32. The van der Waals surface area contributed by atoms with Crippen LogP contribution in [-0.2, 0) is 13.2 Å². The van der Waals surface area contributed by atoms with E-state index < -0.39 is 0 Å². The van der Waals surface area contributed by atoms with E-state index in [1.807, 2.05) is 55.1 Å². The van der Waals surface area contributed by atoms with Crippen LogP contribution in [0, 0.1) is 0 Å². The van der Waals surface area contributed by atoms with E-state index in [9.17, 15) is 4.79 Å². The molecule has 10 heteroatoms. The third-order valence-corrected chi connectivity index (χ3v) is 6.02. The monoisotopic (exact) mass is 464 g/mol. The van der Waals surface area contributed by atoms with E-state index in [-0.39, 0.29) is 25.3 Å². The van der Waals surface area contributed by atoms with Crippen LogP contribution in [0.5, 0.6) is 17.2 Å². The molecule has 0 spiro atoms. The van der Waals surface area contributed by atoms with Crippen molar-refractivity contribution in [2.45, 2.75) is 33.0 Å². The number of nitrogens with zero attached hydrogens (tertiary/aromatic N) is 6. The van der Waals surface area contributed by atoms with Crippen molar-refractivity contribution in [3.63, 3.8) is 0 Å². The van der Waals surface area contributed by atoms with Crippen LogP contribution in [0.4, 0.5) is 0 Å². The molecule has 10 nitrogen and oxygen atoms in total. The van der Waals surface area contributed by atoms with Crippen molar-refractivity contribution in [2.75, 3.05) is 33.0 Å². The molecule has 1 fully saturated rings. The van der Waals surface area contributed by atoms with Crippen LogP contribution in [0.3, 0.4) is 0 Å². The Labute approximate surface area is 198 Å². The number of fused-ring (bicyclic) bond motifs is 1. The van der Waals surface area contributed by atoms with Crippen molar-refractivity contribution in [3.8, 4) is 17.2 Å². The average molecular weight is 465 g/mol. The molecule has 2 aromatic carbocycles. The Bertz CT molecular complexity index is 1140. The fraction of sp³-hybridized carbons (Fsp3) is 0.417. The third-order valence-electron chi connectivity index (χ3n) is 6.02. The Morgan fingerprint density at radius 3 is 2.56 bits per heavy atom. The van der Waals surface area contributed by atoms with Crippen LogP contribution in [0.1, 0.15) is 41.6 Å².